The third-order valence-corrected chi connectivity index (χ3v) is 3.57. The lowest BCUT2D eigenvalue weighted by molar-refractivity contribution is -0.355. The number of carbonyl (C=O) groups is 1. The highest BCUT2D eigenvalue weighted by Gasteiger charge is 2.38. The molecule has 0 fully saturated rings. The highest BCUT2D eigenvalue weighted by atomic mass is 35.5. The number of fused-ring (bicyclic) bond motifs is 1. The molecule has 2 aromatic rings. The van der Waals surface area contributed by atoms with Crippen LogP contribution < -0.4 is 0 Å². The quantitative estimate of drug-likeness (QED) is 0.589. The summed E-state index contributed by atoms with van der Waals surface area (Å²) < 4.78 is 0.672. The first-order valence-electron chi connectivity index (χ1n) is 5.84. The van der Waals surface area contributed by atoms with E-state index >= 15 is 0 Å². The average molecular weight is 272 g/mol. The van der Waals surface area contributed by atoms with Gasteiger partial charge in [0.1, 0.15) is 5.56 Å². The van der Waals surface area contributed by atoms with Gasteiger partial charge >= 0.3 is 0 Å². The molecular formula is C15H10ClNO2. The fourth-order valence-electron chi connectivity index (χ4n) is 2.33. The number of halogens is 1. The molecule has 0 N–H and O–H groups in total. The van der Waals surface area contributed by atoms with Crippen molar-refractivity contribution in [3.63, 3.8) is 0 Å². The first kappa shape index (κ1) is 11.9. The molecule has 0 saturated heterocycles. The minimum absolute atomic E-state index is 0.0925. The molecule has 4 heteroatoms. The summed E-state index contributed by atoms with van der Waals surface area (Å²) in [5.74, 6) is -0.267. The van der Waals surface area contributed by atoms with E-state index < -0.39 is 0 Å². The van der Waals surface area contributed by atoms with Crippen LogP contribution in [-0.4, -0.2) is 16.2 Å². The lowest BCUT2D eigenvalue weighted by Gasteiger charge is -2.03. The number of aryl methyl sites for hydroxylation is 1. The zero-order valence-electron chi connectivity index (χ0n) is 10.2. The number of nitrogens with zero attached hydrogens (tertiary/aromatic N) is 1. The van der Waals surface area contributed by atoms with Gasteiger partial charge in [-0.1, -0.05) is 35.9 Å². The van der Waals surface area contributed by atoms with Crippen molar-refractivity contribution < 1.29 is 9.53 Å². The SMILES string of the molecule is Cc1cccc2c1C(=O)C(c1ccccc1Cl)=[N+]2[O-]. The number of Topliss-reactive ketones (excluding diaryl/α,β-unsaturated/α-hetero) is 1. The number of hydrogen-bond donors (Lipinski definition) is 0. The van der Waals surface area contributed by atoms with E-state index in [0.717, 1.165) is 5.56 Å². The Morgan fingerprint density at radius 3 is 2.53 bits per heavy atom. The molecule has 0 radical (unpaired) electrons. The fourth-order valence-corrected chi connectivity index (χ4v) is 2.56. The van der Waals surface area contributed by atoms with E-state index in [1.807, 2.05) is 13.0 Å². The summed E-state index contributed by atoms with van der Waals surface area (Å²) in [6.45, 7) is 1.82. The summed E-state index contributed by atoms with van der Waals surface area (Å²) in [6, 6.07) is 12.1. The van der Waals surface area contributed by atoms with Crippen molar-refractivity contribution in [1.29, 1.82) is 0 Å². The molecule has 0 bridgehead atoms. The summed E-state index contributed by atoms with van der Waals surface area (Å²) in [5.41, 5.74) is 2.22. The van der Waals surface area contributed by atoms with Crippen LogP contribution in [0.1, 0.15) is 21.5 Å². The lowest BCUT2D eigenvalue weighted by Crippen LogP contribution is -2.17. The van der Waals surface area contributed by atoms with Crippen molar-refractivity contribution in [3.8, 4) is 0 Å². The zero-order chi connectivity index (χ0) is 13.6. The second kappa shape index (κ2) is 4.21. The van der Waals surface area contributed by atoms with Crippen LogP contribution in [0.3, 0.4) is 0 Å². The molecular weight excluding hydrogens is 262 g/mol. The van der Waals surface area contributed by atoms with Crippen molar-refractivity contribution in [1.82, 2.24) is 0 Å². The molecule has 0 unspecified atom stereocenters. The van der Waals surface area contributed by atoms with Crippen LogP contribution in [0.2, 0.25) is 5.02 Å². The second-order valence-electron chi connectivity index (χ2n) is 4.42. The van der Waals surface area contributed by atoms with Crippen LogP contribution in [0.5, 0.6) is 0 Å². The van der Waals surface area contributed by atoms with E-state index in [0.29, 0.717) is 26.6 Å². The fraction of sp³-hybridized carbons (Fsp3) is 0.0667. The summed E-state index contributed by atoms with van der Waals surface area (Å²) in [7, 11) is 0. The van der Waals surface area contributed by atoms with Gasteiger partial charge < -0.3 is 5.21 Å². The monoisotopic (exact) mass is 271 g/mol. The van der Waals surface area contributed by atoms with Crippen LogP contribution in [0.4, 0.5) is 5.69 Å². The molecule has 3 nitrogen and oxygen atoms in total. The first-order valence-corrected chi connectivity index (χ1v) is 6.22. The average Bonchev–Trinajstić information content (AvgIpc) is 2.64. The molecule has 2 aromatic carbocycles. The van der Waals surface area contributed by atoms with Gasteiger partial charge in [-0.05, 0) is 24.6 Å². The van der Waals surface area contributed by atoms with Crippen LogP contribution in [-0.2, 0) is 0 Å². The van der Waals surface area contributed by atoms with E-state index in [1.165, 1.54) is 0 Å². The number of carbonyl (C=O) groups excluding carboxylic acids is 1. The van der Waals surface area contributed by atoms with Gasteiger partial charge in [0, 0.05) is 6.07 Å². The van der Waals surface area contributed by atoms with Crippen molar-refractivity contribution >= 4 is 28.8 Å². The van der Waals surface area contributed by atoms with Gasteiger partial charge in [0.2, 0.25) is 5.69 Å². The van der Waals surface area contributed by atoms with Gasteiger partial charge in [-0.2, -0.15) is 4.74 Å². The topological polar surface area (TPSA) is 43.1 Å². The Morgan fingerprint density at radius 1 is 1.11 bits per heavy atom. The molecule has 0 aromatic heterocycles. The van der Waals surface area contributed by atoms with Crippen LogP contribution >= 0.6 is 11.6 Å². The van der Waals surface area contributed by atoms with E-state index in [4.69, 9.17) is 11.6 Å². The maximum Gasteiger partial charge on any atom is 0.274 e. The minimum atomic E-state index is -0.267. The summed E-state index contributed by atoms with van der Waals surface area (Å²) in [5, 5.41) is 12.7. The molecule has 1 heterocycles. The Morgan fingerprint density at radius 2 is 1.84 bits per heavy atom. The van der Waals surface area contributed by atoms with Crippen molar-refractivity contribution in [2.24, 2.45) is 0 Å². The Bertz CT molecular complexity index is 735. The molecule has 0 aliphatic carbocycles. The second-order valence-corrected chi connectivity index (χ2v) is 4.83. The number of rotatable bonds is 1. The van der Waals surface area contributed by atoms with Crippen molar-refractivity contribution in [2.45, 2.75) is 6.92 Å². The molecule has 1 aliphatic rings. The Hall–Kier alpha value is -2.13. The predicted molar refractivity (Wildman–Crippen MR) is 74.4 cm³/mol. The highest BCUT2D eigenvalue weighted by Crippen LogP contribution is 2.31. The highest BCUT2D eigenvalue weighted by molar-refractivity contribution is 6.54. The normalized spacial score (nSPS) is 13.9. The number of benzene rings is 2. The van der Waals surface area contributed by atoms with Gasteiger partial charge in [0.25, 0.3) is 11.5 Å². The molecule has 94 valence electrons. The standard InChI is InChI=1S/C15H10ClNO2/c1-9-5-4-8-12-13(9)15(18)14(17(12)19)10-6-2-3-7-11(10)16/h2-8H,1H3. The molecule has 0 spiro atoms. The minimum Gasteiger partial charge on any atom is -0.618 e. The third-order valence-electron chi connectivity index (χ3n) is 3.24. The maximum atomic E-state index is 12.4. The van der Waals surface area contributed by atoms with Crippen LogP contribution in [0.25, 0.3) is 0 Å². The van der Waals surface area contributed by atoms with Crippen molar-refractivity contribution in [2.75, 3.05) is 0 Å². The Kier molecular flexibility index (Phi) is 2.64. The van der Waals surface area contributed by atoms with Gasteiger partial charge in [0.15, 0.2) is 0 Å². The molecule has 1 aliphatic heterocycles. The molecule has 3 rings (SSSR count). The van der Waals surface area contributed by atoms with E-state index in [9.17, 15) is 10.0 Å². The molecule has 0 atom stereocenters. The van der Waals surface area contributed by atoms with E-state index in [1.54, 1.807) is 36.4 Å². The molecule has 19 heavy (non-hydrogen) atoms. The number of hydrogen-bond acceptors (Lipinski definition) is 2. The third kappa shape index (κ3) is 1.66. The number of ketones is 1. The maximum absolute atomic E-state index is 12.4. The van der Waals surface area contributed by atoms with Gasteiger partial charge in [-0.15, -0.1) is 0 Å². The van der Waals surface area contributed by atoms with Gasteiger partial charge in [-0.3, -0.25) is 4.79 Å². The van der Waals surface area contributed by atoms with E-state index in [-0.39, 0.29) is 11.5 Å². The van der Waals surface area contributed by atoms with E-state index in [2.05, 4.69) is 0 Å². The predicted octanol–water partition coefficient (Wildman–Crippen LogP) is 3.48. The largest absolute Gasteiger partial charge is 0.618 e. The Balaban J connectivity index is 2.27. The first-order chi connectivity index (χ1) is 9.11. The lowest BCUT2D eigenvalue weighted by atomic mass is 9.99. The summed E-state index contributed by atoms with van der Waals surface area (Å²) in [4.78, 5) is 12.4. The van der Waals surface area contributed by atoms with Crippen LogP contribution in [0, 0.1) is 12.1 Å². The summed E-state index contributed by atoms with van der Waals surface area (Å²) in [6.07, 6.45) is 0. The molecule has 0 saturated carbocycles. The smallest absolute Gasteiger partial charge is 0.274 e. The zero-order valence-corrected chi connectivity index (χ0v) is 10.9. The molecule has 0 amide bonds. The Labute approximate surface area is 115 Å². The van der Waals surface area contributed by atoms with Gasteiger partial charge in [-0.25, -0.2) is 0 Å². The van der Waals surface area contributed by atoms with Crippen molar-refractivity contribution in [3.05, 3.63) is 69.4 Å². The summed E-state index contributed by atoms with van der Waals surface area (Å²) >= 11 is 6.08. The van der Waals surface area contributed by atoms with Gasteiger partial charge in [0.05, 0.1) is 10.6 Å². The van der Waals surface area contributed by atoms with Crippen LogP contribution in [0.15, 0.2) is 42.5 Å².